The number of rotatable bonds is 5. The number of carbonyl (C=O) groups is 1. The predicted molar refractivity (Wildman–Crippen MR) is 123 cm³/mol. The van der Waals surface area contributed by atoms with Crippen LogP contribution < -0.4 is 4.74 Å². The van der Waals surface area contributed by atoms with Gasteiger partial charge in [0.1, 0.15) is 17.3 Å². The largest absolute Gasteiger partial charge is 0.472 e. The quantitative estimate of drug-likeness (QED) is 0.601. The summed E-state index contributed by atoms with van der Waals surface area (Å²) in [5.41, 5.74) is -0.348. The number of hydrogen-bond donors (Lipinski definition) is 2. The first-order chi connectivity index (χ1) is 15.4. The standard InChI is InChI=1S/C23H33N3O6S/c1-16-13-26(17(2)15-27)22(28)19-11-18(7-10-23(29)8-5-6-9-23)12-24-21(19)32-20(16)14-25(3)33(4,30)31/h11-12,16-17,20,27,29H,5-6,8-9,13-15H2,1-4H3/t16-,17-,20-/m1/s1. The van der Waals surface area contributed by atoms with Crippen molar-refractivity contribution in [2.45, 2.75) is 57.3 Å². The van der Waals surface area contributed by atoms with Gasteiger partial charge in [0.15, 0.2) is 0 Å². The van der Waals surface area contributed by atoms with E-state index in [0.717, 1.165) is 19.1 Å². The Kier molecular flexibility index (Phi) is 7.69. The first kappa shape index (κ1) is 25.4. The van der Waals surface area contributed by atoms with Crippen molar-refractivity contribution in [1.82, 2.24) is 14.2 Å². The normalized spacial score (nSPS) is 23.7. The molecular formula is C23H33N3O6S. The number of pyridine rings is 1. The fraction of sp³-hybridized carbons (Fsp3) is 0.652. The summed E-state index contributed by atoms with van der Waals surface area (Å²) in [5, 5.41) is 20.2. The number of nitrogens with zero attached hydrogens (tertiary/aromatic N) is 3. The minimum atomic E-state index is -3.43. The number of aliphatic hydroxyl groups excluding tert-OH is 1. The maximum absolute atomic E-state index is 13.4. The molecule has 1 aliphatic carbocycles. The molecule has 0 aromatic carbocycles. The predicted octanol–water partition coefficient (Wildman–Crippen LogP) is 0.850. The Morgan fingerprint density at radius 1 is 1.39 bits per heavy atom. The highest BCUT2D eigenvalue weighted by Crippen LogP contribution is 2.30. The minimum Gasteiger partial charge on any atom is -0.472 e. The number of ether oxygens (including phenoxy) is 1. The molecule has 9 nitrogen and oxygen atoms in total. The van der Waals surface area contributed by atoms with Gasteiger partial charge in [0.05, 0.1) is 25.4 Å². The molecule has 1 aromatic heterocycles. The number of fused-ring (bicyclic) bond motifs is 1. The number of aromatic nitrogens is 1. The zero-order valence-corrected chi connectivity index (χ0v) is 20.4. The summed E-state index contributed by atoms with van der Waals surface area (Å²) >= 11 is 0. The average molecular weight is 480 g/mol. The van der Waals surface area contributed by atoms with Gasteiger partial charge in [-0.3, -0.25) is 4.79 Å². The van der Waals surface area contributed by atoms with Gasteiger partial charge in [-0.2, -0.15) is 0 Å². The molecular weight excluding hydrogens is 446 g/mol. The van der Waals surface area contributed by atoms with Gasteiger partial charge in [-0.25, -0.2) is 17.7 Å². The van der Waals surface area contributed by atoms with Crippen LogP contribution in [0.2, 0.25) is 0 Å². The summed E-state index contributed by atoms with van der Waals surface area (Å²) < 4.78 is 31.2. The third kappa shape index (κ3) is 6.03. The van der Waals surface area contributed by atoms with Crippen LogP contribution >= 0.6 is 0 Å². The maximum Gasteiger partial charge on any atom is 0.259 e. The Balaban J connectivity index is 1.99. The fourth-order valence-electron chi connectivity index (χ4n) is 4.05. The highest BCUT2D eigenvalue weighted by molar-refractivity contribution is 7.88. The number of sulfonamides is 1. The van der Waals surface area contributed by atoms with Crippen LogP contribution in [-0.4, -0.2) is 89.5 Å². The third-order valence-electron chi connectivity index (χ3n) is 6.39. The van der Waals surface area contributed by atoms with E-state index in [2.05, 4.69) is 16.8 Å². The fourth-order valence-corrected chi connectivity index (χ4v) is 4.47. The van der Waals surface area contributed by atoms with E-state index in [9.17, 15) is 23.4 Å². The Bertz CT molecular complexity index is 1040. The molecule has 1 saturated carbocycles. The van der Waals surface area contributed by atoms with Gasteiger partial charge >= 0.3 is 0 Å². The molecule has 0 unspecified atom stereocenters. The summed E-state index contributed by atoms with van der Waals surface area (Å²) in [7, 11) is -1.95. The third-order valence-corrected chi connectivity index (χ3v) is 7.68. The van der Waals surface area contributed by atoms with E-state index in [-0.39, 0.29) is 43.0 Å². The van der Waals surface area contributed by atoms with Crippen molar-refractivity contribution in [1.29, 1.82) is 0 Å². The van der Waals surface area contributed by atoms with E-state index in [1.165, 1.54) is 17.5 Å². The molecule has 2 N–H and O–H groups in total. The number of amides is 1. The van der Waals surface area contributed by atoms with Gasteiger partial charge in [-0.05, 0) is 38.7 Å². The van der Waals surface area contributed by atoms with Crippen LogP contribution in [0.15, 0.2) is 12.3 Å². The topological polar surface area (TPSA) is 120 Å². The van der Waals surface area contributed by atoms with Crippen LogP contribution in [0.3, 0.4) is 0 Å². The Morgan fingerprint density at radius 2 is 2.06 bits per heavy atom. The van der Waals surface area contributed by atoms with E-state index in [4.69, 9.17) is 4.74 Å². The molecule has 0 bridgehead atoms. The molecule has 10 heteroatoms. The minimum absolute atomic E-state index is 0.0885. The highest BCUT2D eigenvalue weighted by atomic mass is 32.2. The number of hydrogen-bond acceptors (Lipinski definition) is 7. The Hall–Kier alpha value is -2.19. The van der Waals surface area contributed by atoms with Gasteiger partial charge in [0.25, 0.3) is 5.91 Å². The molecule has 0 spiro atoms. The second-order valence-electron chi connectivity index (χ2n) is 9.23. The van der Waals surface area contributed by atoms with Crippen LogP contribution in [0.5, 0.6) is 5.88 Å². The lowest BCUT2D eigenvalue weighted by atomic mass is 10.00. The molecule has 2 aliphatic rings. The summed E-state index contributed by atoms with van der Waals surface area (Å²) in [4.78, 5) is 19.3. The Labute approximate surface area is 195 Å². The first-order valence-corrected chi connectivity index (χ1v) is 13.0. The molecule has 1 amide bonds. The van der Waals surface area contributed by atoms with E-state index in [1.54, 1.807) is 17.9 Å². The molecule has 3 atom stereocenters. The van der Waals surface area contributed by atoms with Gasteiger partial charge in [0.2, 0.25) is 15.9 Å². The number of aliphatic hydroxyl groups is 2. The van der Waals surface area contributed by atoms with Crippen molar-refractivity contribution < 1.29 is 28.2 Å². The van der Waals surface area contributed by atoms with Crippen molar-refractivity contribution in [3.8, 4) is 17.7 Å². The summed E-state index contributed by atoms with van der Waals surface area (Å²) in [6, 6.07) is 1.13. The van der Waals surface area contributed by atoms with Crippen molar-refractivity contribution >= 4 is 15.9 Å². The zero-order chi connectivity index (χ0) is 24.4. The molecule has 2 heterocycles. The van der Waals surface area contributed by atoms with E-state index in [1.807, 2.05) is 6.92 Å². The smallest absolute Gasteiger partial charge is 0.259 e. The lowest BCUT2D eigenvalue weighted by Gasteiger charge is -2.37. The number of carbonyl (C=O) groups excluding carboxylic acids is 1. The van der Waals surface area contributed by atoms with Crippen molar-refractivity contribution in [2.24, 2.45) is 5.92 Å². The summed E-state index contributed by atoms with van der Waals surface area (Å²) in [6.07, 6.45) is 5.14. The van der Waals surface area contributed by atoms with Gasteiger partial charge in [0, 0.05) is 31.3 Å². The van der Waals surface area contributed by atoms with Crippen LogP contribution in [0, 0.1) is 17.8 Å². The van der Waals surface area contributed by atoms with E-state index < -0.39 is 27.8 Å². The van der Waals surface area contributed by atoms with E-state index in [0.29, 0.717) is 18.4 Å². The van der Waals surface area contributed by atoms with Gasteiger partial charge in [-0.15, -0.1) is 0 Å². The molecule has 1 aromatic rings. The Morgan fingerprint density at radius 3 is 2.67 bits per heavy atom. The lowest BCUT2D eigenvalue weighted by molar-refractivity contribution is 0.0373. The van der Waals surface area contributed by atoms with Crippen LogP contribution in [0.25, 0.3) is 0 Å². The monoisotopic (exact) mass is 479 g/mol. The lowest BCUT2D eigenvalue weighted by Crippen LogP contribution is -2.50. The molecule has 0 saturated heterocycles. The van der Waals surface area contributed by atoms with Gasteiger partial charge < -0.3 is 19.8 Å². The van der Waals surface area contributed by atoms with Gasteiger partial charge in [-0.1, -0.05) is 18.8 Å². The maximum atomic E-state index is 13.4. The molecule has 3 rings (SSSR count). The molecule has 33 heavy (non-hydrogen) atoms. The van der Waals surface area contributed by atoms with Crippen molar-refractivity contribution in [3.05, 3.63) is 23.4 Å². The zero-order valence-electron chi connectivity index (χ0n) is 19.6. The second-order valence-corrected chi connectivity index (χ2v) is 11.3. The molecule has 1 fully saturated rings. The molecule has 182 valence electrons. The van der Waals surface area contributed by atoms with Crippen molar-refractivity contribution in [2.75, 3.05) is 33.0 Å². The van der Waals surface area contributed by atoms with E-state index >= 15 is 0 Å². The SMILES string of the molecule is C[C@@H]1CN([C@H](C)CO)C(=O)c2cc(C#CC3(O)CCCC3)cnc2O[C@@H]1CN(C)S(C)(=O)=O. The van der Waals surface area contributed by atoms with Crippen LogP contribution in [0.1, 0.15) is 55.5 Å². The van der Waals surface area contributed by atoms with Crippen molar-refractivity contribution in [3.63, 3.8) is 0 Å². The average Bonchev–Trinajstić information content (AvgIpc) is 3.20. The summed E-state index contributed by atoms with van der Waals surface area (Å²) in [6.45, 7) is 3.76. The van der Waals surface area contributed by atoms with Crippen LogP contribution in [-0.2, 0) is 10.0 Å². The highest BCUT2D eigenvalue weighted by Gasteiger charge is 2.35. The first-order valence-electron chi connectivity index (χ1n) is 11.2. The summed E-state index contributed by atoms with van der Waals surface area (Å²) in [5.74, 6) is 5.38. The molecule has 0 radical (unpaired) electrons. The second kappa shape index (κ2) is 9.97. The van der Waals surface area contributed by atoms with Crippen LogP contribution in [0.4, 0.5) is 0 Å². The number of likely N-dealkylation sites (N-methyl/N-ethyl adjacent to an activating group) is 1. The molecule has 1 aliphatic heterocycles.